The monoisotopic (exact) mass is 270 g/mol. The Labute approximate surface area is 115 Å². The lowest BCUT2D eigenvalue weighted by Gasteiger charge is -2.29. The van der Waals surface area contributed by atoms with Crippen LogP contribution in [-0.2, 0) is 9.59 Å². The van der Waals surface area contributed by atoms with Crippen LogP contribution in [0.15, 0.2) is 0 Å². The molecule has 0 unspecified atom stereocenters. The molecule has 0 aromatic carbocycles. The molecule has 1 aliphatic rings. The Kier molecular flexibility index (Phi) is 4.96. The number of carboxylic acid groups (broad SMARTS) is 1. The van der Waals surface area contributed by atoms with Crippen LogP contribution in [0.1, 0.15) is 47.0 Å². The van der Waals surface area contributed by atoms with E-state index in [-0.39, 0.29) is 17.2 Å². The van der Waals surface area contributed by atoms with Crippen molar-refractivity contribution >= 4 is 11.9 Å². The van der Waals surface area contributed by atoms with Crippen LogP contribution in [0.5, 0.6) is 0 Å². The van der Waals surface area contributed by atoms with E-state index >= 15 is 0 Å². The number of hydrogen-bond acceptors (Lipinski definition) is 3. The Morgan fingerprint density at radius 1 is 1.37 bits per heavy atom. The molecule has 0 aliphatic carbocycles. The molecular formula is C14H26N2O3. The second kappa shape index (κ2) is 5.90. The first-order valence-electron chi connectivity index (χ1n) is 7.02. The van der Waals surface area contributed by atoms with Crippen molar-refractivity contribution in [2.45, 2.75) is 59.0 Å². The summed E-state index contributed by atoms with van der Waals surface area (Å²) in [6.07, 6.45) is 2.15. The largest absolute Gasteiger partial charge is 0.480 e. The van der Waals surface area contributed by atoms with Crippen molar-refractivity contribution in [1.29, 1.82) is 0 Å². The molecule has 0 radical (unpaired) electrons. The molecule has 1 amide bonds. The third kappa shape index (κ3) is 3.47. The number of nitrogens with two attached hydrogens (primary N) is 1. The van der Waals surface area contributed by atoms with Crippen LogP contribution >= 0.6 is 0 Å². The predicted molar refractivity (Wildman–Crippen MR) is 73.6 cm³/mol. The Balaban J connectivity index is 2.88. The predicted octanol–water partition coefficient (Wildman–Crippen LogP) is 1.46. The molecule has 2 atom stereocenters. The van der Waals surface area contributed by atoms with E-state index in [0.717, 1.165) is 12.8 Å². The van der Waals surface area contributed by atoms with Gasteiger partial charge in [-0.1, -0.05) is 40.5 Å². The average Bonchev–Trinajstić information content (AvgIpc) is 2.66. The average molecular weight is 270 g/mol. The highest BCUT2D eigenvalue weighted by Gasteiger charge is 2.45. The van der Waals surface area contributed by atoms with Gasteiger partial charge in [-0.05, 0) is 17.8 Å². The smallest absolute Gasteiger partial charge is 0.326 e. The normalized spacial score (nSPS) is 23.7. The molecule has 1 rings (SSSR count). The van der Waals surface area contributed by atoms with E-state index in [0.29, 0.717) is 13.0 Å². The number of hydrogen-bond donors (Lipinski definition) is 2. The van der Waals surface area contributed by atoms with Gasteiger partial charge in [0.15, 0.2) is 0 Å². The second-order valence-corrected chi connectivity index (χ2v) is 6.29. The topological polar surface area (TPSA) is 83.6 Å². The summed E-state index contributed by atoms with van der Waals surface area (Å²) in [5.41, 5.74) is 5.87. The van der Waals surface area contributed by atoms with Crippen LogP contribution in [0.4, 0.5) is 0 Å². The van der Waals surface area contributed by atoms with Crippen molar-refractivity contribution in [2.24, 2.45) is 17.1 Å². The molecule has 1 fully saturated rings. The van der Waals surface area contributed by atoms with Crippen LogP contribution in [0, 0.1) is 11.3 Å². The van der Waals surface area contributed by atoms with E-state index in [2.05, 4.69) is 0 Å². The Bertz CT molecular complexity index is 351. The van der Waals surface area contributed by atoms with Crippen LogP contribution in [0.2, 0.25) is 0 Å². The summed E-state index contributed by atoms with van der Waals surface area (Å²) >= 11 is 0. The fourth-order valence-corrected chi connectivity index (χ4v) is 2.91. The highest BCUT2D eigenvalue weighted by atomic mass is 16.4. The lowest BCUT2D eigenvalue weighted by atomic mass is 9.91. The van der Waals surface area contributed by atoms with Gasteiger partial charge in [-0.2, -0.15) is 0 Å². The van der Waals surface area contributed by atoms with Gasteiger partial charge in [-0.15, -0.1) is 0 Å². The van der Waals surface area contributed by atoms with Gasteiger partial charge in [-0.25, -0.2) is 4.79 Å². The SMILES string of the molecule is CCC(CC)[C@H](N)C(=O)N1CC(C)(C)C[C@H]1C(=O)O. The Morgan fingerprint density at radius 3 is 2.32 bits per heavy atom. The maximum Gasteiger partial charge on any atom is 0.326 e. The molecular weight excluding hydrogens is 244 g/mol. The van der Waals surface area contributed by atoms with Gasteiger partial charge in [0, 0.05) is 6.54 Å². The van der Waals surface area contributed by atoms with Crippen molar-refractivity contribution in [1.82, 2.24) is 4.90 Å². The molecule has 0 aromatic heterocycles. The van der Waals surface area contributed by atoms with Gasteiger partial charge in [0.25, 0.3) is 0 Å². The standard InChI is InChI=1S/C14H26N2O3/c1-5-9(6-2)11(15)12(17)16-8-14(3,4)7-10(16)13(18)19/h9-11H,5-8,15H2,1-4H3,(H,18,19)/t10-,11-/m0/s1. The van der Waals surface area contributed by atoms with Crippen molar-refractivity contribution in [3.05, 3.63) is 0 Å². The number of amides is 1. The second-order valence-electron chi connectivity index (χ2n) is 6.29. The van der Waals surface area contributed by atoms with Gasteiger partial charge >= 0.3 is 5.97 Å². The lowest BCUT2D eigenvalue weighted by molar-refractivity contribution is -0.149. The molecule has 5 nitrogen and oxygen atoms in total. The Hall–Kier alpha value is -1.10. The summed E-state index contributed by atoms with van der Waals surface area (Å²) in [7, 11) is 0. The molecule has 0 spiro atoms. The Morgan fingerprint density at radius 2 is 1.89 bits per heavy atom. The number of nitrogens with zero attached hydrogens (tertiary/aromatic N) is 1. The van der Waals surface area contributed by atoms with Crippen molar-refractivity contribution < 1.29 is 14.7 Å². The van der Waals surface area contributed by atoms with Gasteiger partial charge in [0.05, 0.1) is 6.04 Å². The number of carboxylic acids is 1. The highest BCUT2D eigenvalue weighted by Crippen LogP contribution is 2.34. The molecule has 0 bridgehead atoms. The molecule has 19 heavy (non-hydrogen) atoms. The van der Waals surface area contributed by atoms with Gasteiger partial charge in [-0.3, -0.25) is 4.79 Å². The zero-order chi connectivity index (χ0) is 14.8. The minimum atomic E-state index is -0.935. The van der Waals surface area contributed by atoms with E-state index in [9.17, 15) is 14.7 Å². The van der Waals surface area contributed by atoms with E-state index in [1.165, 1.54) is 4.90 Å². The van der Waals surface area contributed by atoms with E-state index < -0.39 is 18.1 Å². The fourth-order valence-electron chi connectivity index (χ4n) is 2.91. The summed E-state index contributed by atoms with van der Waals surface area (Å²) < 4.78 is 0. The molecule has 1 heterocycles. The van der Waals surface area contributed by atoms with Crippen molar-refractivity contribution in [2.75, 3.05) is 6.54 Å². The van der Waals surface area contributed by atoms with Crippen LogP contribution in [0.25, 0.3) is 0 Å². The first kappa shape index (κ1) is 16.0. The van der Waals surface area contributed by atoms with Gasteiger partial charge in [0.1, 0.15) is 6.04 Å². The minimum absolute atomic E-state index is 0.116. The number of likely N-dealkylation sites (tertiary alicyclic amines) is 1. The van der Waals surface area contributed by atoms with E-state index in [1.54, 1.807) is 0 Å². The van der Waals surface area contributed by atoms with Crippen molar-refractivity contribution in [3.8, 4) is 0 Å². The van der Waals surface area contributed by atoms with Gasteiger partial charge in [0.2, 0.25) is 5.91 Å². The zero-order valence-corrected chi connectivity index (χ0v) is 12.3. The van der Waals surface area contributed by atoms with Crippen molar-refractivity contribution in [3.63, 3.8) is 0 Å². The summed E-state index contributed by atoms with van der Waals surface area (Å²) in [6, 6.07) is -1.33. The van der Waals surface area contributed by atoms with Gasteiger partial charge < -0.3 is 15.7 Å². The van der Waals surface area contributed by atoms with Crippen LogP contribution < -0.4 is 5.73 Å². The number of aliphatic carboxylic acids is 1. The molecule has 1 saturated heterocycles. The quantitative estimate of drug-likeness (QED) is 0.792. The van der Waals surface area contributed by atoms with Crippen LogP contribution in [-0.4, -0.2) is 40.5 Å². The third-order valence-electron chi connectivity index (χ3n) is 4.13. The van der Waals surface area contributed by atoms with E-state index in [4.69, 9.17) is 5.73 Å². The first-order chi connectivity index (χ1) is 8.73. The maximum atomic E-state index is 12.4. The number of rotatable bonds is 5. The first-order valence-corrected chi connectivity index (χ1v) is 7.02. The molecule has 110 valence electrons. The molecule has 1 aliphatic heterocycles. The molecule has 3 N–H and O–H groups in total. The molecule has 5 heteroatoms. The summed E-state index contributed by atoms with van der Waals surface area (Å²) in [6.45, 7) is 8.45. The summed E-state index contributed by atoms with van der Waals surface area (Å²) in [5.74, 6) is -1.03. The maximum absolute atomic E-state index is 12.4. The number of carbonyl (C=O) groups excluding carboxylic acids is 1. The summed E-state index contributed by atoms with van der Waals surface area (Å²) in [4.78, 5) is 25.2. The molecule has 0 saturated carbocycles. The third-order valence-corrected chi connectivity index (χ3v) is 4.13. The zero-order valence-electron chi connectivity index (χ0n) is 12.3. The molecule has 0 aromatic rings. The number of carbonyl (C=O) groups is 2. The highest BCUT2D eigenvalue weighted by molar-refractivity contribution is 5.87. The summed E-state index contributed by atoms with van der Waals surface area (Å²) in [5, 5.41) is 9.26. The van der Waals surface area contributed by atoms with Crippen LogP contribution in [0.3, 0.4) is 0 Å². The lowest BCUT2D eigenvalue weighted by Crippen LogP contribution is -2.51. The van der Waals surface area contributed by atoms with E-state index in [1.807, 2.05) is 27.7 Å². The fraction of sp³-hybridized carbons (Fsp3) is 0.857. The minimum Gasteiger partial charge on any atom is -0.480 e.